The minimum absolute atomic E-state index is 0.289. The van der Waals surface area contributed by atoms with Crippen molar-refractivity contribution in [3.8, 4) is 0 Å². The van der Waals surface area contributed by atoms with Crippen LogP contribution >= 0.6 is 0 Å². The Labute approximate surface area is 50.2 Å². The van der Waals surface area contributed by atoms with Crippen LogP contribution in [0.25, 0.3) is 0 Å². The monoisotopic (exact) mass is 117 g/mol. The molecule has 0 bridgehead atoms. The molecule has 49 valence electrons. The normalized spacial score (nSPS) is 16.1. The van der Waals surface area contributed by atoms with Gasteiger partial charge in [-0.1, -0.05) is 6.92 Å². The molecule has 0 saturated heterocycles. The number of hydrogen-bond donors (Lipinski definition) is 2. The van der Waals surface area contributed by atoms with Crippen LogP contribution in [0.4, 0.5) is 0 Å². The summed E-state index contributed by atoms with van der Waals surface area (Å²) < 4.78 is 0. The van der Waals surface area contributed by atoms with Gasteiger partial charge in [0.1, 0.15) is 0 Å². The number of rotatable bonds is 2. The van der Waals surface area contributed by atoms with Crippen molar-refractivity contribution in [2.24, 2.45) is 5.92 Å². The molecule has 8 heavy (non-hydrogen) atoms. The van der Waals surface area contributed by atoms with Gasteiger partial charge >= 0.3 is 0 Å². The summed E-state index contributed by atoms with van der Waals surface area (Å²) in [4.78, 5) is 0. The van der Waals surface area contributed by atoms with Crippen LogP contribution in [0.2, 0.25) is 0 Å². The predicted octanol–water partition coefficient (Wildman–Crippen LogP) is 0.547. The molecule has 0 amide bonds. The molecule has 0 aromatic carbocycles. The molecular weight excluding hydrogens is 104 g/mol. The maximum absolute atomic E-state index is 8.78. The topological polar surface area (TPSA) is 40.5 Å². The smallest absolute Gasteiger partial charge is 0.162 e. The fourth-order valence-electron chi connectivity index (χ4n) is 0.387. The van der Waals surface area contributed by atoms with Crippen LogP contribution in [0.15, 0.2) is 0 Å². The van der Waals surface area contributed by atoms with Crippen LogP contribution in [-0.2, 0) is 0 Å². The Kier molecular flexibility index (Phi) is 2.44. The molecule has 1 radical (unpaired) electrons. The van der Waals surface area contributed by atoms with Crippen LogP contribution in [0.3, 0.4) is 0 Å². The minimum atomic E-state index is -1.60. The van der Waals surface area contributed by atoms with Crippen LogP contribution in [0.1, 0.15) is 20.3 Å². The van der Waals surface area contributed by atoms with Crippen LogP contribution < -0.4 is 0 Å². The average Bonchev–Trinajstić information content (AvgIpc) is 1.62. The summed E-state index contributed by atoms with van der Waals surface area (Å²) in [6.07, 6.45) is 0.684. The molecule has 2 N–H and O–H groups in total. The molecule has 0 aliphatic heterocycles. The van der Waals surface area contributed by atoms with Crippen molar-refractivity contribution in [2.45, 2.75) is 26.1 Å². The first-order valence-electron chi connectivity index (χ1n) is 2.76. The summed E-state index contributed by atoms with van der Waals surface area (Å²) in [6, 6.07) is 0. The molecular formula is C6H13O2. The fourth-order valence-corrected chi connectivity index (χ4v) is 0.387. The molecule has 0 spiro atoms. The van der Waals surface area contributed by atoms with Crippen molar-refractivity contribution in [1.29, 1.82) is 0 Å². The summed E-state index contributed by atoms with van der Waals surface area (Å²) >= 11 is 0. The highest BCUT2D eigenvalue weighted by atomic mass is 16.5. The van der Waals surface area contributed by atoms with E-state index in [1.807, 2.05) is 6.92 Å². The maximum Gasteiger partial charge on any atom is 0.162 e. The van der Waals surface area contributed by atoms with Gasteiger partial charge in [0, 0.05) is 5.92 Å². The van der Waals surface area contributed by atoms with Crippen molar-refractivity contribution in [3.63, 3.8) is 0 Å². The van der Waals surface area contributed by atoms with Gasteiger partial charge in [-0.15, -0.1) is 0 Å². The molecule has 0 fully saturated rings. The first-order chi connectivity index (χ1) is 3.48. The third-order valence-electron chi connectivity index (χ3n) is 1.27. The number of hydrogen-bond acceptors (Lipinski definition) is 2. The van der Waals surface area contributed by atoms with Gasteiger partial charge in [0.25, 0.3) is 0 Å². The van der Waals surface area contributed by atoms with Crippen molar-refractivity contribution in [1.82, 2.24) is 0 Å². The fraction of sp³-hybridized carbons (Fsp3) is 0.833. The Balaban J connectivity index is 3.62. The molecule has 0 saturated carbocycles. The molecule has 0 aromatic heterocycles. The lowest BCUT2D eigenvalue weighted by Gasteiger charge is -2.22. The molecule has 0 heterocycles. The first kappa shape index (κ1) is 7.92. The Morgan fingerprint density at radius 3 is 2.00 bits per heavy atom. The third-order valence-corrected chi connectivity index (χ3v) is 1.27. The lowest BCUT2D eigenvalue weighted by atomic mass is 10.0. The Hall–Kier alpha value is -0.0800. The molecule has 0 aliphatic carbocycles. The maximum atomic E-state index is 8.78. The van der Waals surface area contributed by atoms with E-state index in [0.29, 0.717) is 6.42 Å². The van der Waals surface area contributed by atoms with Gasteiger partial charge in [-0.3, -0.25) is 0 Å². The second kappa shape index (κ2) is 2.46. The van der Waals surface area contributed by atoms with E-state index >= 15 is 0 Å². The largest absolute Gasteiger partial charge is 0.366 e. The highest BCUT2D eigenvalue weighted by molar-refractivity contribution is 4.70. The van der Waals surface area contributed by atoms with Crippen molar-refractivity contribution in [2.75, 3.05) is 0 Å². The van der Waals surface area contributed by atoms with E-state index in [1.165, 1.54) is 6.92 Å². The molecule has 0 aliphatic rings. The zero-order chi connectivity index (χ0) is 6.78. The highest BCUT2D eigenvalue weighted by Gasteiger charge is 2.22. The molecule has 0 rings (SSSR count). The van der Waals surface area contributed by atoms with E-state index < -0.39 is 5.79 Å². The summed E-state index contributed by atoms with van der Waals surface area (Å²) in [5, 5.41) is 17.6. The van der Waals surface area contributed by atoms with Crippen LogP contribution in [0.5, 0.6) is 0 Å². The predicted molar refractivity (Wildman–Crippen MR) is 32.0 cm³/mol. The Bertz CT molecular complexity index is 63.4. The number of aliphatic hydroxyl groups is 2. The van der Waals surface area contributed by atoms with E-state index in [4.69, 9.17) is 10.2 Å². The van der Waals surface area contributed by atoms with Gasteiger partial charge in [-0.05, 0) is 20.3 Å². The molecule has 2 heteroatoms. The summed E-state index contributed by atoms with van der Waals surface area (Å²) in [7, 11) is 0. The summed E-state index contributed by atoms with van der Waals surface area (Å²) in [5.41, 5.74) is 0. The van der Waals surface area contributed by atoms with Crippen molar-refractivity contribution >= 4 is 0 Å². The third kappa shape index (κ3) is 2.28. The first-order valence-corrected chi connectivity index (χ1v) is 2.76. The van der Waals surface area contributed by atoms with E-state index in [0.717, 1.165) is 0 Å². The van der Waals surface area contributed by atoms with Gasteiger partial charge in [0.2, 0.25) is 0 Å². The SMILES string of the molecule is [CH2]C(CC)C(C)(O)O. The standard InChI is InChI=1S/C6H13O2/c1-4-5(2)6(3,7)8/h5,7-8H,2,4H2,1,3H3. The van der Waals surface area contributed by atoms with Gasteiger partial charge in [-0.2, -0.15) is 0 Å². The van der Waals surface area contributed by atoms with Crippen molar-refractivity contribution in [3.05, 3.63) is 6.92 Å². The molecule has 1 atom stereocenters. The quantitative estimate of drug-likeness (QED) is 0.518. The molecule has 1 unspecified atom stereocenters. The van der Waals surface area contributed by atoms with Gasteiger partial charge in [0.05, 0.1) is 0 Å². The van der Waals surface area contributed by atoms with Gasteiger partial charge < -0.3 is 10.2 Å². The zero-order valence-electron chi connectivity index (χ0n) is 5.39. The van der Waals surface area contributed by atoms with Crippen LogP contribution in [-0.4, -0.2) is 16.0 Å². The molecule has 0 aromatic rings. The molecule has 2 nitrogen and oxygen atoms in total. The lowest BCUT2D eigenvalue weighted by molar-refractivity contribution is -0.174. The average molecular weight is 117 g/mol. The van der Waals surface area contributed by atoms with Crippen molar-refractivity contribution < 1.29 is 10.2 Å². The van der Waals surface area contributed by atoms with E-state index in [1.54, 1.807) is 0 Å². The van der Waals surface area contributed by atoms with Gasteiger partial charge in [0.15, 0.2) is 5.79 Å². The van der Waals surface area contributed by atoms with Crippen LogP contribution in [0, 0.1) is 12.8 Å². The van der Waals surface area contributed by atoms with E-state index in [9.17, 15) is 0 Å². The summed E-state index contributed by atoms with van der Waals surface area (Å²) in [6.45, 7) is 6.73. The highest BCUT2D eigenvalue weighted by Crippen LogP contribution is 2.14. The Morgan fingerprint density at radius 2 is 2.00 bits per heavy atom. The zero-order valence-corrected chi connectivity index (χ0v) is 5.39. The van der Waals surface area contributed by atoms with E-state index in [-0.39, 0.29) is 5.92 Å². The van der Waals surface area contributed by atoms with Gasteiger partial charge in [-0.25, -0.2) is 0 Å². The summed E-state index contributed by atoms with van der Waals surface area (Å²) in [5.74, 6) is -1.89. The second-order valence-corrected chi connectivity index (χ2v) is 2.20. The Morgan fingerprint density at radius 1 is 1.62 bits per heavy atom. The van der Waals surface area contributed by atoms with E-state index in [2.05, 4.69) is 6.92 Å². The minimum Gasteiger partial charge on any atom is -0.366 e. The lowest BCUT2D eigenvalue weighted by Crippen LogP contribution is -2.31. The second-order valence-electron chi connectivity index (χ2n) is 2.20.